The summed E-state index contributed by atoms with van der Waals surface area (Å²) in [5.74, 6) is 0.920. The van der Waals surface area contributed by atoms with Gasteiger partial charge < -0.3 is 10.1 Å². The second-order valence-corrected chi connectivity index (χ2v) is 5.13. The van der Waals surface area contributed by atoms with E-state index >= 15 is 0 Å². The number of hydrogen-bond acceptors (Lipinski definition) is 2. The van der Waals surface area contributed by atoms with Gasteiger partial charge in [0.2, 0.25) is 0 Å². The normalized spacial score (nSPS) is 12.0. The molecule has 0 aliphatic carbocycles. The Balaban J connectivity index is 2.18. The minimum atomic E-state index is 0.303. The van der Waals surface area contributed by atoms with Crippen molar-refractivity contribution < 1.29 is 4.74 Å². The minimum Gasteiger partial charge on any atom is -0.492 e. The van der Waals surface area contributed by atoms with E-state index in [2.05, 4.69) is 49.5 Å². The highest BCUT2D eigenvalue weighted by atomic mass is 16.5. The number of para-hydroxylation sites is 2. The van der Waals surface area contributed by atoms with Crippen LogP contribution in [0.3, 0.4) is 0 Å². The predicted octanol–water partition coefficient (Wildman–Crippen LogP) is 5.21. The van der Waals surface area contributed by atoms with Gasteiger partial charge in [0, 0.05) is 0 Å². The first kappa shape index (κ1) is 15.4. The maximum atomic E-state index is 5.69. The molecule has 0 aliphatic heterocycles. The van der Waals surface area contributed by atoms with E-state index in [4.69, 9.17) is 4.74 Å². The predicted molar refractivity (Wildman–Crippen MR) is 90.1 cm³/mol. The lowest BCUT2D eigenvalue weighted by molar-refractivity contribution is 0.341. The number of ether oxygens (including phenoxy) is 1. The number of rotatable bonds is 7. The third-order valence-electron chi connectivity index (χ3n) is 3.72. The molecule has 0 aromatic heterocycles. The minimum absolute atomic E-state index is 0.303. The largest absolute Gasteiger partial charge is 0.492 e. The van der Waals surface area contributed by atoms with Gasteiger partial charge in [-0.25, -0.2) is 0 Å². The zero-order valence-electron chi connectivity index (χ0n) is 13.2. The maximum Gasteiger partial charge on any atom is 0.142 e. The van der Waals surface area contributed by atoms with Crippen LogP contribution < -0.4 is 10.1 Å². The Morgan fingerprint density at radius 3 is 2.29 bits per heavy atom. The zero-order chi connectivity index (χ0) is 15.1. The van der Waals surface area contributed by atoms with E-state index in [1.54, 1.807) is 0 Å². The summed E-state index contributed by atoms with van der Waals surface area (Å²) >= 11 is 0. The molecule has 2 aromatic rings. The second-order valence-electron chi connectivity index (χ2n) is 5.13. The number of aryl methyl sites for hydroxylation is 1. The van der Waals surface area contributed by atoms with Crippen LogP contribution in [0.4, 0.5) is 5.69 Å². The first-order valence-corrected chi connectivity index (χ1v) is 7.85. The molecule has 1 unspecified atom stereocenters. The summed E-state index contributed by atoms with van der Waals surface area (Å²) in [5, 5.41) is 3.61. The second kappa shape index (κ2) is 7.72. The van der Waals surface area contributed by atoms with Gasteiger partial charge in [0.15, 0.2) is 0 Å². The van der Waals surface area contributed by atoms with Crippen LogP contribution in [0.2, 0.25) is 0 Å². The van der Waals surface area contributed by atoms with Gasteiger partial charge in [0.1, 0.15) is 5.75 Å². The van der Waals surface area contributed by atoms with Crippen LogP contribution in [0.25, 0.3) is 0 Å². The fourth-order valence-corrected chi connectivity index (χ4v) is 2.46. The van der Waals surface area contributed by atoms with Crippen LogP contribution in [0, 0.1) is 0 Å². The van der Waals surface area contributed by atoms with Crippen molar-refractivity contribution in [2.75, 3.05) is 11.9 Å². The molecule has 0 fully saturated rings. The number of anilines is 1. The molecule has 0 radical (unpaired) electrons. The Labute approximate surface area is 128 Å². The summed E-state index contributed by atoms with van der Waals surface area (Å²) in [5.41, 5.74) is 3.76. The molecule has 0 bridgehead atoms. The van der Waals surface area contributed by atoms with E-state index in [1.807, 2.05) is 25.1 Å². The molecule has 0 saturated carbocycles. The Bertz CT molecular complexity index is 548. The van der Waals surface area contributed by atoms with Crippen molar-refractivity contribution in [2.24, 2.45) is 0 Å². The Morgan fingerprint density at radius 1 is 0.952 bits per heavy atom. The molecule has 2 heteroatoms. The smallest absolute Gasteiger partial charge is 0.142 e. The summed E-state index contributed by atoms with van der Waals surface area (Å²) in [6.45, 7) is 7.08. The molecule has 21 heavy (non-hydrogen) atoms. The van der Waals surface area contributed by atoms with Crippen LogP contribution in [-0.2, 0) is 6.42 Å². The van der Waals surface area contributed by atoms with Gasteiger partial charge in [-0.2, -0.15) is 0 Å². The molecule has 2 aromatic carbocycles. The number of benzene rings is 2. The summed E-state index contributed by atoms with van der Waals surface area (Å²) in [6, 6.07) is 17.3. The molecular formula is C19H25NO. The lowest BCUT2D eigenvalue weighted by atomic mass is 10.0. The van der Waals surface area contributed by atoms with Crippen LogP contribution >= 0.6 is 0 Å². The highest BCUT2D eigenvalue weighted by Gasteiger charge is 2.11. The maximum absolute atomic E-state index is 5.69. The molecular weight excluding hydrogens is 258 g/mol. The number of hydrogen-bond donors (Lipinski definition) is 1. The van der Waals surface area contributed by atoms with E-state index in [1.165, 1.54) is 11.1 Å². The molecule has 2 rings (SSSR count). The van der Waals surface area contributed by atoms with Gasteiger partial charge in [0.25, 0.3) is 0 Å². The van der Waals surface area contributed by atoms with Crippen molar-refractivity contribution in [3.8, 4) is 5.75 Å². The molecule has 0 saturated heterocycles. The molecule has 0 amide bonds. The molecule has 0 aliphatic rings. The SMILES string of the molecule is CCOc1ccccc1NC(CC)c1ccc(CC)cc1. The van der Waals surface area contributed by atoms with Crippen molar-refractivity contribution in [1.29, 1.82) is 0 Å². The standard InChI is InChI=1S/C19H25NO/c1-4-15-11-13-16(14-12-15)17(5-2)20-18-9-7-8-10-19(18)21-6-3/h7-14,17,20H,4-6H2,1-3H3. The van der Waals surface area contributed by atoms with Crippen molar-refractivity contribution >= 4 is 5.69 Å². The van der Waals surface area contributed by atoms with Crippen molar-refractivity contribution in [1.82, 2.24) is 0 Å². The Hall–Kier alpha value is -1.96. The quantitative estimate of drug-likeness (QED) is 0.753. The highest BCUT2D eigenvalue weighted by molar-refractivity contribution is 5.57. The van der Waals surface area contributed by atoms with Gasteiger partial charge in [-0.3, -0.25) is 0 Å². The summed E-state index contributed by atoms with van der Waals surface area (Å²) < 4.78 is 5.69. The van der Waals surface area contributed by atoms with E-state index in [-0.39, 0.29) is 0 Å². The van der Waals surface area contributed by atoms with E-state index in [0.717, 1.165) is 24.3 Å². The molecule has 0 spiro atoms. The molecule has 0 heterocycles. The highest BCUT2D eigenvalue weighted by Crippen LogP contribution is 2.29. The molecule has 1 atom stereocenters. The number of nitrogens with one attached hydrogen (secondary N) is 1. The van der Waals surface area contributed by atoms with Gasteiger partial charge in [-0.05, 0) is 43.0 Å². The van der Waals surface area contributed by atoms with E-state index < -0.39 is 0 Å². The first-order valence-electron chi connectivity index (χ1n) is 7.85. The Morgan fingerprint density at radius 2 is 1.67 bits per heavy atom. The lowest BCUT2D eigenvalue weighted by Gasteiger charge is -2.21. The molecule has 1 N–H and O–H groups in total. The molecule has 2 nitrogen and oxygen atoms in total. The van der Waals surface area contributed by atoms with Gasteiger partial charge >= 0.3 is 0 Å². The van der Waals surface area contributed by atoms with Crippen LogP contribution in [0.15, 0.2) is 48.5 Å². The van der Waals surface area contributed by atoms with Gasteiger partial charge in [-0.1, -0.05) is 50.2 Å². The zero-order valence-corrected chi connectivity index (χ0v) is 13.2. The van der Waals surface area contributed by atoms with Gasteiger partial charge in [-0.15, -0.1) is 0 Å². The topological polar surface area (TPSA) is 21.3 Å². The summed E-state index contributed by atoms with van der Waals surface area (Å²) in [4.78, 5) is 0. The molecule has 112 valence electrons. The van der Waals surface area contributed by atoms with Crippen LogP contribution in [0.5, 0.6) is 5.75 Å². The average Bonchev–Trinajstić information content (AvgIpc) is 2.54. The average molecular weight is 283 g/mol. The third-order valence-corrected chi connectivity index (χ3v) is 3.72. The Kier molecular flexibility index (Phi) is 5.68. The fraction of sp³-hybridized carbons (Fsp3) is 0.368. The van der Waals surface area contributed by atoms with E-state index in [0.29, 0.717) is 12.6 Å². The van der Waals surface area contributed by atoms with Crippen molar-refractivity contribution in [2.45, 2.75) is 39.7 Å². The third kappa shape index (κ3) is 4.01. The van der Waals surface area contributed by atoms with Gasteiger partial charge in [0.05, 0.1) is 18.3 Å². The summed E-state index contributed by atoms with van der Waals surface area (Å²) in [7, 11) is 0. The first-order chi connectivity index (χ1) is 10.3. The van der Waals surface area contributed by atoms with Crippen molar-refractivity contribution in [3.05, 3.63) is 59.7 Å². The van der Waals surface area contributed by atoms with Crippen molar-refractivity contribution in [3.63, 3.8) is 0 Å². The lowest BCUT2D eigenvalue weighted by Crippen LogP contribution is -2.11. The van der Waals surface area contributed by atoms with E-state index in [9.17, 15) is 0 Å². The van der Waals surface area contributed by atoms with Crippen LogP contribution in [-0.4, -0.2) is 6.61 Å². The summed E-state index contributed by atoms with van der Waals surface area (Å²) in [6.07, 6.45) is 2.11. The fourth-order valence-electron chi connectivity index (χ4n) is 2.46. The monoisotopic (exact) mass is 283 g/mol. The van der Waals surface area contributed by atoms with Crippen LogP contribution in [0.1, 0.15) is 44.4 Å².